The molecule has 0 radical (unpaired) electrons. The van der Waals surface area contributed by atoms with Crippen LogP contribution in [-0.2, 0) is 16.2 Å². The number of hydroxylamine groups is 1. The van der Waals surface area contributed by atoms with Crippen molar-refractivity contribution in [3.8, 4) is 0 Å². The van der Waals surface area contributed by atoms with Crippen LogP contribution in [0.1, 0.15) is 102 Å². The SMILES string of the molecule is CCCCC(c1ccc(CONCC(=N)N)cc1)N1C(=O)C(c2cc(Cl)cc(Cl)c2)=NC12CCC(C(C)(C)CC)CC2. The molecular formula is C33H45Cl2N5O2. The molecule has 0 aromatic heterocycles. The molecule has 1 heterocycles. The van der Waals surface area contributed by atoms with E-state index >= 15 is 0 Å². The molecule has 1 amide bonds. The summed E-state index contributed by atoms with van der Waals surface area (Å²) in [6, 6.07) is 13.4. The van der Waals surface area contributed by atoms with Crippen LogP contribution < -0.4 is 11.2 Å². The molecule has 1 saturated carbocycles. The normalized spacial score (nSPS) is 21.6. The van der Waals surface area contributed by atoms with E-state index < -0.39 is 5.66 Å². The molecule has 1 spiro atoms. The average Bonchev–Trinajstić information content (AvgIpc) is 3.23. The fourth-order valence-electron chi connectivity index (χ4n) is 6.37. The Hall–Kier alpha value is -2.45. The van der Waals surface area contributed by atoms with Crippen molar-refractivity contribution in [2.24, 2.45) is 22.1 Å². The fraction of sp³-hybridized carbons (Fsp3) is 0.545. The summed E-state index contributed by atoms with van der Waals surface area (Å²) in [5.74, 6) is 0.556. The van der Waals surface area contributed by atoms with E-state index in [1.54, 1.807) is 18.2 Å². The maximum absolute atomic E-state index is 14.5. The smallest absolute Gasteiger partial charge is 0.275 e. The van der Waals surface area contributed by atoms with Crippen LogP contribution >= 0.6 is 23.2 Å². The van der Waals surface area contributed by atoms with Crippen LogP contribution in [0.2, 0.25) is 10.0 Å². The molecule has 2 aromatic rings. The van der Waals surface area contributed by atoms with Crippen LogP contribution in [0.3, 0.4) is 0 Å². The van der Waals surface area contributed by atoms with Gasteiger partial charge in [0.25, 0.3) is 5.91 Å². The van der Waals surface area contributed by atoms with Crippen molar-refractivity contribution in [2.45, 2.75) is 97.4 Å². The summed E-state index contributed by atoms with van der Waals surface area (Å²) >= 11 is 12.8. The minimum Gasteiger partial charge on any atom is -0.387 e. The molecule has 7 nitrogen and oxygen atoms in total. The lowest BCUT2D eigenvalue weighted by Crippen LogP contribution is -2.51. The van der Waals surface area contributed by atoms with Gasteiger partial charge in [-0.25, -0.2) is 0 Å². The van der Waals surface area contributed by atoms with Gasteiger partial charge in [-0.1, -0.05) is 94.4 Å². The highest BCUT2D eigenvalue weighted by molar-refractivity contribution is 6.47. The summed E-state index contributed by atoms with van der Waals surface area (Å²) in [4.78, 5) is 27.3. The van der Waals surface area contributed by atoms with Crippen LogP contribution in [0.5, 0.6) is 0 Å². The van der Waals surface area contributed by atoms with Crippen molar-refractivity contribution < 1.29 is 9.63 Å². The van der Waals surface area contributed by atoms with E-state index in [0.29, 0.717) is 33.8 Å². The molecular weight excluding hydrogens is 569 g/mol. The number of carbonyl (C=O) groups excluding carboxylic acids is 1. The van der Waals surface area contributed by atoms with Gasteiger partial charge in [0.2, 0.25) is 0 Å². The van der Waals surface area contributed by atoms with E-state index in [1.807, 2.05) is 12.1 Å². The Labute approximate surface area is 260 Å². The predicted octanol–water partition coefficient (Wildman–Crippen LogP) is 7.84. The number of amides is 1. The Morgan fingerprint density at radius 3 is 2.38 bits per heavy atom. The highest BCUT2D eigenvalue weighted by Crippen LogP contribution is 2.50. The number of carbonyl (C=O) groups is 1. The Morgan fingerprint density at radius 2 is 1.81 bits per heavy atom. The second-order valence-corrected chi connectivity index (χ2v) is 13.3. The first-order valence-corrected chi connectivity index (χ1v) is 15.9. The predicted molar refractivity (Wildman–Crippen MR) is 172 cm³/mol. The summed E-state index contributed by atoms with van der Waals surface area (Å²) in [6.07, 6.45) is 7.73. The van der Waals surface area contributed by atoms with Crippen LogP contribution in [0.15, 0.2) is 47.5 Å². The molecule has 2 aliphatic rings. The molecule has 9 heteroatoms. The highest BCUT2D eigenvalue weighted by atomic mass is 35.5. The summed E-state index contributed by atoms with van der Waals surface area (Å²) in [6.45, 7) is 9.69. The van der Waals surface area contributed by atoms with Crippen molar-refractivity contribution in [1.29, 1.82) is 5.41 Å². The summed E-state index contributed by atoms with van der Waals surface area (Å²) < 4.78 is 0. The minimum atomic E-state index is -0.599. The Morgan fingerprint density at radius 1 is 1.17 bits per heavy atom. The Balaban J connectivity index is 1.69. The lowest BCUT2D eigenvalue weighted by Gasteiger charge is -2.48. The summed E-state index contributed by atoms with van der Waals surface area (Å²) in [7, 11) is 0. The third kappa shape index (κ3) is 7.36. The van der Waals surface area contributed by atoms with Gasteiger partial charge in [0.1, 0.15) is 17.2 Å². The number of nitrogens with one attached hydrogen (secondary N) is 2. The molecule has 228 valence electrons. The zero-order valence-electron chi connectivity index (χ0n) is 25.3. The minimum absolute atomic E-state index is 0.0160. The van der Waals surface area contributed by atoms with E-state index in [-0.39, 0.29) is 29.7 Å². The third-order valence-corrected chi connectivity index (χ3v) is 9.68. The zero-order chi connectivity index (χ0) is 30.5. The molecule has 0 saturated heterocycles. The monoisotopic (exact) mass is 613 g/mol. The van der Waals surface area contributed by atoms with Gasteiger partial charge in [-0.2, -0.15) is 5.48 Å². The largest absolute Gasteiger partial charge is 0.387 e. The van der Waals surface area contributed by atoms with Gasteiger partial charge in [0.05, 0.1) is 19.2 Å². The van der Waals surface area contributed by atoms with Gasteiger partial charge >= 0.3 is 0 Å². The van der Waals surface area contributed by atoms with Crippen LogP contribution in [-0.4, -0.2) is 34.6 Å². The first-order chi connectivity index (χ1) is 20.0. The molecule has 1 unspecified atom stereocenters. The fourth-order valence-corrected chi connectivity index (χ4v) is 6.89. The van der Waals surface area contributed by atoms with Crippen molar-refractivity contribution in [3.05, 3.63) is 69.2 Å². The number of nitrogens with zero attached hydrogens (tertiary/aromatic N) is 2. The lowest BCUT2D eigenvalue weighted by atomic mass is 9.67. The molecule has 42 heavy (non-hydrogen) atoms. The van der Waals surface area contributed by atoms with Crippen molar-refractivity contribution in [1.82, 2.24) is 10.4 Å². The van der Waals surface area contributed by atoms with E-state index in [0.717, 1.165) is 62.5 Å². The van der Waals surface area contributed by atoms with Gasteiger partial charge in [0, 0.05) is 15.6 Å². The number of unbranched alkanes of at least 4 members (excludes halogenated alkanes) is 1. The molecule has 0 bridgehead atoms. The van der Waals surface area contributed by atoms with E-state index in [1.165, 1.54) is 0 Å². The second-order valence-electron chi connectivity index (χ2n) is 12.4. The van der Waals surface area contributed by atoms with Crippen LogP contribution in [0.25, 0.3) is 0 Å². The second kappa shape index (κ2) is 13.9. The summed E-state index contributed by atoms with van der Waals surface area (Å²) in [5.41, 5.74) is 10.9. The first-order valence-electron chi connectivity index (χ1n) is 15.2. The molecule has 1 fully saturated rings. The van der Waals surface area contributed by atoms with Gasteiger partial charge in [-0.3, -0.25) is 20.0 Å². The van der Waals surface area contributed by atoms with Gasteiger partial charge in [-0.15, -0.1) is 0 Å². The van der Waals surface area contributed by atoms with E-state index in [4.69, 9.17) is 44.2 Å². The number of benzene rings is 2. The number of nitrogens with two attached hydrogens (primary N) is 1. The Kier molecular flexibility index (Phi) is 10.7. The van der Waals surface area contributed by atoms with Crippen LogP contribution in [0.4, 0.5) is 0 Å². The van der Waals surface area contributed by atoms with Crippen LogP contribution in [0, 0.1) is 16.7 Å². The lowest BCUT2D eigenvalue weighted by molar-refractivity contribution is -0.133. The van der Waals surface area contributed by atoms with Gasteiger partial charge in [-0.05, 0) is 72.8 Å². The molecule has 2 aromatic carbocycles. The molecule has 1 aliphatic heterocycles. The van der Waals surface area contributed by atoms with E-state index in [2.05, 4.69) is 50.2 Å². The number of aliphatic imine (C=N–C) groups is 1. The number of amidine groups is 1. The maximum Gasteiger partial charge on any atom is 0.275 e. The Bertz CT molecular complexity index is 1270. The maximum atomic E-state index is 14.5. The third-order valence-electron chi connectivity index (χ3n) is 9.24. The van der Waals surface area contributed by atoms with Gasteiger partial charge in [0.15, 0.2) is 0 Å². The molecule has 1 aliphatic carbocycles. The number of rotatable bonds is 13. The zero-order valence-corrected chi connectivity index (χ0v) is 26.8. The van der Waals surface area contributed by atoms with E-state index in [9.17, 15) is 4.79 Å². The van der Waals surface area contributed by atoms with Crippen molar-refractivity contribution >= 4 is 40.7 Å². The summed E-state index contributed by atoms with van der Waals surface area (Å²) in [5, 5.41) is 8.30. The molecule has 4 N–H and O–H groups in total. The number of halogens is 2. The number of hydrogen-bond donors (Lipinski definition) is 3. The molecule has 1 atom stereocenters. The average molecular weight is 615 g/mol. The standard InChI is InChI=1S/C33H45Cl2N5O2/c1-5-7-8-28(23-11-9-22(10-12-23)21-42-38-20-29(36)37)40-31(41)30(24-17-26(34)19-27(35)18-24)39-33(40)15-13-25(14-16-33)32(3,4)6-2/h9-12,17-19,25,28,38H,5-8,13-16,20-21H2,1-4H3,(H3,36,37). The van der Waals surface area contributed by atoms with Crippen molar-refractivity contribution in [3.63, 3.8) is 0 Å². The van der Waals surface area contributed by atoms with Crippen molar-refractivity contribution in [2.75, 3.05) is 6.54 Å². The molecule has 4 rings (SSSR count). The first kappa shape index (κ1) is 32.5. The van der Waals surface area contributed by atoms with Gasteiger partial charge < -0.3 is 10.6 Å². The quantitative estimate of drug-likeness (QED) is 0.0926. The highest BCUT2D eigenvalue weighted by Gasteiger charge is 2.52. The topological polar surface area (TPSA) is 104 Å². The number of hydrogen-bond acceptors (Lipinski definition) is 5.